The monoisotopic (exact) mass is 209 g/mol. The SMILES string of the molecule is CCCCCn1cc(CNC(C)C)cn1. The van der Waals surface area contributed by atoms with Crippen LogP contribution >= 0.6 is 0 Å². The van der Waals surface area contributed by atoms with Crippen LogP contribution in [0.2, 0.25) is 0 Å². The van der Waals surface area contributed by atoms with E-state index in [2.05, 4.69) is 37.4 Å². The Hall–Kier alpha value is -0.830. The molecule has 0 aliphatic carbocycles. The standard InChI is InChI=1S/C12H23N3/c1-4-5-6-7-15-10-12(9-14-15)8-13-11(2)3/h9-11,13H,4-8H2,1-3H3. The van der Waals surface area contributed by atoms with Gasteiger partial charge in [0.1, 0.15) is 0 Å². The number of unbranched alkanes of at least 4 members (excludes halogenated alkanes) is 2. The third-order valence-electron chi connectivity index (χ3n) is 2.39. The summed E-state index contributed by atoms with van der Waals surface area (Å²) in [5.74, 6) is 0. The molecule has 0 fully saturated rings. The first-order chi connectivity index (χ1) is 7.22. The Labute approximate surface area is 92.9 Å². The summed E-state index contributed by atoms with van der Waals surface area (Å²) in [6, 6.07) is 0.536. The Balaban J connectivity index is 2.29. The molecule has 3 nitrogen and oxygen atoms in total. The number of nitrogens with zero attached hydrogens (tertiary/aromatic N) is 2. The Morgan fingerprint density at radius 1 is 1.40 bits per heavy atom. The predicted octanol–water partition coefficient (Wildman–Crippen LogP) is 2.57. The molecule has 3 heteroatoms. The number of aromatic nitrogens is 2. The van der Waals surface area contributed by atoms with Gasteiger partial charge in [-0.3, -0.25) is 4.68 Å². The van der Waals surface area contributed by atoms with Crippen molar-refractivity contribution in [2.75, 3.05) is 0 Å². The van der Waals surface area contributed by atoms with Gasteiger partial charge >= 0.3 is 0 Å². The van der Waals surface area contributed by atoms with Crippen molar-refractivity contribution in [1.82, 2.24) is 15.1 Å². The number of hydrogen-bond donors (Lipinski definition) is 1. The predicted molar refractivity (Wildman–Crippen MR) is 63.7 cm³/mol. The van der Waals surface area contributed by atoms with E-state index in [9.17, 15) is 0 Å². The molecule has 0 radical (unpaired) electrons. The molecule has 1 N–H and O–H groups in total. The van der Waals surface area contributed by atoms with Crippen molar-refractivity contribution in [3.8, 4) is 0 Å². The van der Waals surface area contributed by atoms with E-state index >= 15 is 0 Å². The Bertz CT molecular complexity index is 266. The van der Waals surface area contributed by atoms with Gasteiger partial charge in [-0.05, 0) is 6.42 Å². The number of hydrogen-bond acceptors (Lipinski definition) is 2. The van der Waals surface area contributed by atoms with Crippen LogP contribution in [0.25, 0.3) is 0 Å². The number of nitrogens with one attached hydrogen (secondary N) is 1. The first-order valence-electron chi connectivity index (χ1n) is 5.97. The van der Waals surface area contributed by atoms with Gasteiger partial charge in [-0.1, -0.05) is 33.6 Å². The van der Waals surface area contributed by atoms with Gasteiger partial charge in [-0.25, -0.2) is 0 Å². The highest BCUT2D eigenvalue weighted by molar-refractivity contribution is 5.03. The fourth-order valence-electron chi connectivity index (χ4n) is 1.47. The smallest absolute Gasteiger partial charge is 0.0534 e. The topological polar surface area (TPSA) is 29.9 Å². The molecule has 0 aliphatic rings. The maximum atomic E-state index is 4.34. The third kappa shape index (κ3) is 4.98. The van der Waals surface area contributed by atoms with E-state index < -0.39 is 0 Å². The normalized spacial score (nSPS) is 11.2. The molecule has 0 aliphatic heterocycles. The summed E-state index contributed by atoms with van der Waals surface area (Å²) in [5, 5.41) is 7.73. The minimum absolute atomic E-state index is 0.536. The van der Waals surface area contributed by atoms with E-state index in [-0.39, 0.29) is 0 Å². The van der Waals surface area contributed by atoms with E-state index in [1.165, 1.54) is 24.8 Å². The summed E-state index contributed by atoms with van der Waals surface area (Å²) in [4.78, 5) is 0. The zero-order valence-corrected chi connectivity index (χ0v) is 10.2. The molecule has 1 aromatic heterocycles. The largest absolute Gasteiger partial charge is 0.310 e. The Kier molecular flexibility index (Phi) is 5.40. The molecule has 1 aromatic rings. The highest BCUT2D eigenvalue weighted by Crippen LogP contribution is 2.01. The summed E-state index contributed by atoms with van der Waals surface area (Å²) in [5.41, 5.74) is 1.28. The van der Waals surface area contributed by atoms with Gasteiger partial charge in [0.15, 0.2) is 0 Å². The molecule has 1 rings (SSSR count). The molecular formula is C12H23N3. The summed E-state index contributed by atoms with van der Waals surface area (Å²) in [7, 11) is 0. The van der Waals surface area contributed by atoms with Gasteiger partial charge in [0.2, 0.25) is 0 Å². The minimum atomic E-state index is 0.536. The maximum Gasteiger partial charge on any atom is 0.0534 e. The van der Waals surface area contributed by atoms with Crippen molar-refractivity contribution in [2.45, 2.75) is 59.2 Å². The van der Waals surface area contributed by atoms with E-state index in [1.807, 2.05) is 10.9 Å². The lowest BCUT2D eigenvalue weighted by Crippen LogP contribution is -2.21. The average Bonchev–Trinajstić information content (AvgIpc) is 2.63. The van der Waals surface area contributed by atoms with Crippen LogP contribution in [0.5, 0.6) is 0 Å². The number of aryl methyl sites for hydroxylation is 1. The highest BCUT2D eigenvalue weighted by Gasteiger charge is 1.99. The van der Waals surface area contributed by atoms with Crippen LogP contribution in [-0.4, -0.2) is 15.8 Å². The first kappa shape index (κ1) is 12.2. The van der Waals surface area contributed by atoms with Crippen LogP contribution in [-0.2, 0) is 13.1 Å². The second kappa shape index (κ2) is 6.62. The van der Waals surface area contributed by atoms with Crippen molar-refractivity contribution in [3.63, 3.8) is 0 Å². The quantitative estimate of drug-likeness (QED) is 0.699. The third-order valence-corrected chi connectivity index (χ3v) is 2.39. The van der Waals surface area contributed by atoms with E-state index in [1.54, 1.807) is 0 Å². The first-order valence-corrected chi connectivity index (χ1v) is 5.97. The molecule has 86 valence electrons. The summed E-state index contributed by atoms with van der Waals surface area (Å²) in [6.45, 7) is 8.51. The fourth-order valence-corrected chi connectivity index (χ4v) is 1.47. The molecule has 0 unspecified atom stereocenters. The molecular weight excluding hydrogens is 186 g/mol. The molecule has 0 amide bonds. The molecule has 15 heavy (non-hydrogen) atoms. The molecule has 0 atom stereocenters. The minimum Gasteiger partial charge on any atom is -0.310 e. The van der Waals surface area contributed by atoms with Crippen molar-refractivity contribution in [2.24, 2.45) is 0 Å². The summed E-state index contributed by atoms with van der Waals surface area (Å²) >= 11 is 0. The summed E-state index contributed by atoms with van der Waals surface area (Å²) in [6.07, 6.45) is 7.89. The van der Waals surface area contributed by atoms with E-state index in [0.717, 1.165) is 13.1 Å². The Morgan fingerprint density at radius 2 is 2.20 bits per heavy atom. The second-order valence-corrected chi connectivity index (χ2v) is 4.35. The van der Waals surface area contributed by atoms with Crippen molar-refractivity contribution < 1.29 is 0 Å². The van der Waals surface area contributed by atoms with Gasteiger partial charge in [0.05, 0.1) is 6.20 Å². The molecule has 0 saturated heterocycles. The van der Waals surface area contributed by atoms with E-state index in [0.29, 0.717) is 6.04 Å². The molecule has 1 heterocycles. The fraction of sp³-hybridized carbons (Fsp3) is 0.750. The van der Waals surface area contributed by atoms with Crippen LogP contribution in [0.1, 0.15) is 45.6 Å². The zero-order valence-electron chi connectivity index (χ0n) is 10.2. The summed E-state index contributed by atoms with van der Waals surface area (Å²) < 4.78 is 2.05. The van der Waals surface area contributed by atoms with Crippen molar-refractivity contribution in [3.05, 3.63) is 18.0 Å². The average molecular weight is 209 g/mol. The van der Waals surface area contributed by atoms with Crippen LogP contribution in [0.3, 0.4) is 0 Å². The van der Waals surface area contributed by atoms with Crippen LogP contribution in [0.4, 0.5) is 0 Å². The highest BCUT2D eigenvalue weighted by atomic mass is 15.3. The zero-order chi connectivity index (χ0) is 11.1. The van der Waals surface area contributed by atoms with Crippen molar-refractivity contribution in [1.29, 1.82) is 0 Å². The van der Waals surface area contributed by atoms with Gasteiger partial charge in [-0.2, -0.15) is 5.10 Å². The number of rotatable bonds is 7. The van der Waals surface area contributed by atoms with Crippen LogP contribution in [0, 0.1) is 0 Å². The maximum absolute atomic E-state index is 4.34. The lowest BCUT2D eigenvalue weighted by Gasteiger charge is -2.05. The lowest BCUT2D eigenvalue weighted by molar-refractivity contribution is 0.551. The van der Waals surface area contributed by atoms with Gasteiger partial charge < -0.3 is 5.32 Å². The van der Waals surface area contributed by atoms with Crippen LogP contribution < -0.4 is 5.32 Å². The van der Waals surface area contributed by atoms with Gasteiger partial charge in [0.25, 0.3) is 0 Å². The lowest BCUT2D eigenvalue weighted by atomic mass is 10.2. The van der Waals surface area contributed by atoms with Crippen molar-refractivity contribution >= 4 is 0 Å². The molecule has 0 saturated carbocycles. The van der Waals surface area contributed by atoms with E-state index in [4.69, 9.17) is 0 Å². The molecule has 0 spiro atoms. The van der Waals surface area contributed by atoms with Gasteiger partial charge in [0, 0.05) is 30.9 Å². The second-order valence-electron chi connectivity index (χ2n) is 4.35. The van der Waals surface area contributed by atoms with Crippen LogP contribution in [0.15, 0.2) is 12.4 Å². The van der Waals surface area contributed by atoms with Gasteiger partial charge in [-0.15, -0.1) is 0 Å². The Morgan fingerprint density at radius 3 is 2.87 bits per heavy atom. The molecule has 0 aromatic carbocycles. The molecule has 0 bridgehead atoms.